The summed E-state index contributed by atoms with van der Waals surface area (Å²) in [5, 5.41) is 0. The molecular formula is C30H60N2. The molecule has 0 aromatic heterocycles. The van der Waals surface area contributed by atoms with Crippen LogP contribution in [-0.4, -0.2) is 29.1 Å². The van der Waals surface area contributed by atoms with Crippen molar-refractivity contribution in [2.45, 2.75) is 168 Å². The highest BCUT2D eigenvalue weighted by molar-refractivity contribution is 4.96. The van der Waals surface area contributed by atoms with Crippen molar-refractivity contribution in [3.05, 3.63) is 12.4 Å². The van der Waals surface area contributed by atoms with Crippen LogP contribution in [0.25, 0.3) is 0 Å². The molecule has 0 aromatic rings. The molecule has 32 heavy (non-hydrogen) atoms. The van der Waals surface area contributed by atoms with Crippen LogP contribution >= 0.6 is 0 Å². The molecule has 0 saturated heterocycles. The van der Waals surface area contributed by atoms with E-state index in [-0.39, 0.29) is 0 Å². The van der Waals surface area contributed by atoms with E-state index >= 15 is 0 Å². The third-order valence-electron chi connectivity index (χ3n) is 7.37. The molecule has 1 heterocycles. The Morgan fingerprint density at radius 3 is 0.969 bits per heavy atom. The Hall–Kier alpha value is -0.660. The molecule has 0 amide bonds. The zero-order valence-corrected chi connectivity index (χ0v) is 22.6. The first-order valence-corrected chi connectivity index (χ1v) is 15.0. The van der Waals surface area contributed by atoms with Crippen LogP contribution < -0.4 is 0 Å². The molecule has 2 nitrogen and oxygen atoms in total. The van der Waals surface area contributed by atoms with Crippen LogP contribution in [0, 0.1) is 0 Å². The van der Waals surface area contributed by atoms with E-state index in [2.05, 4.69) is 43.0 Å². The van der Waals surface area contributed by atoms with Crippen LogP contribution in [0.5, 0.6) is 0 Å². The minimum Gasteiger partial charge on any atom is -0.356 e. The van der Waals surface area contributed by atoms with E-state index in [1.54, 1.807) is 0 Å². The van der Waals surface area contributed by atoms with Gasteiger partial charge in [0.25, 0.3) is 0 Å². The van der Waals surface area contributed by atoms with E-state index in [1.165, 1.54) is 154 Å². The molecule has 0 aromatic carbocycles. The fourth-order valence-electron chi connectivity index (χ4n) is 5.22. The summed E-state index contributed by atoms with van der Waals surface area (Å²) in [4.78, 5) is 5.23. The van der Waals surface area contributed by atoms with Gasteiger partial charge in [0.2, 0.25) is 0 Å². The summed E-state index contributed by atoms with van der Waals surface area (Å²) in [5.41, 5.74) is 0. The maximum atomic E-state index is 2.62. The molecule has 0 N–H and O–H groups in total. The molecule has 1 aliphatic heterocycles. The largest absolute Gasteiger partial charge is 0.356 e. The SMILES string of the molecule is CCCCCCCCCCCCCCN1C=CN(CCCCCCCCCCC)C1CC. The summed E-state index contributed by atoms with van der Waals surface area (Å²) in [5.74, 6) is 0. The van der Waals surface area contributed by atoms with Crippen molar-refractivity contribution in [1.29, 1.82) is 0 Å². The van der Waals surface area contributed by atoms with E-state index in [0.717, 1.165) is 0 Å². The minimum absolute atomic E-state index is 0.622. The van der Waals surface area contributed by atoms with E-state index in [4.69, 9.17) is 0 Å². The predicted octanol–water partition coefficient (Wildman–Crippen LogP) is 10.0. The fourth-order valence-corrected chi connectivity index (χ4v) is 5.22. The average molecular weight is 449 g/mol. The highest BCUT2D eigenvalue weighted by Gasteiger charge is 2.23. The number of hydrogen-bond donors (Lipinski definition) is 0. The first kappa shape index (κ1) is 29.4. The molecule has 0 radical (unpaired) electrons. The van der Waals surface area contributed by atoms with E-state index in [9.17, 15) is 0 Å². The highest BCUT2D eigenvalue weighted by atomic mass is 15.4. The van der Waals surface area contributed by atoms with Gasteiger partial charge in [0.1, 0.15) is 6.17 Å². The van der Waals surface area contributed by atoms with Crippen molar-refractivity contribution >= 4 is 0 Å². The molecule has 0 spiro atoms. The van der Waals surface area contributed by atoms with E-state index in [0.29, 0.717) is 6.17 Å². The summed E-state index contributed by atoms with van der Waals surface area (Å²) in [6, 6.07) is 0. The van der Waals surface area contributed by atoms with E-state index < -0.39 is 0 Å². The van der Waals surface area contributed by atoms with Crippen LogP contribution in [0.4, 0.5) is 0 Å². The lowest BCUT2D eigenvalue weighted by Gasteiger charge is -2.32. The molecule has 0 saturated carbocycles. The summed E-state index contributed by atoms with van der Waals surface area (Å²) < 4.78 is 0. The van der Waals surface area contributed by atoms with Crippen molar-refractivity contribution < 1.29 is 0 Å². The van der Waals surface area contributed by atoms with Gasteiger partial charge in [-0.25, -0.2) is 0 Å². The van der Waals surface area contributed by atoms with Gasteiger partial charge in [-0.1, -0.05) is 143 Å². The molecular weight excluding hydrogens is 388 g/mol. The minimum atomic E-state index is 0.622. The zero-order valence-electron chi connectivity index (χ0n) is 22.6. The average Bonchev–Trinajstić information content (AvgIpc) is 3.20. The molecule has 0 fully saturated rings. The third-order valence-corrected chi connectivity index (χ3v) is 7.37. The summed E-state index contributed by atoms with van der Waals surface area (Å²) in [6.45, 7) is 9.46. The van der Waals surface area contributed by atoms with Gasteiger partial charge in [-0.2, -0.15) is 0 Å². The van der Waals surface area contributed by atoms with Gasteiger partial charge < -0.3 is 9.80 Å². The molecule has 1 atom stereocenters. The number of unbranched alkanes of at least 4 members (excludes halogenated alkanes) is 19. The zero-order chi connectivity index (χ0) is 23.1. The number of nitrogens with zero attached hydrogens (tertiary/aromatic N) is 2. The fraction of sp³-hybridized carbons (Fsp3) is 0.933. The Morgan fingerprint density at radius 2 is 0.688 bits per heavy atom. The van der Waals surface area contributed by atoms with Gasteiger partial charge in [0.05, 0.1) is 0 Å². The van der Waals surface area contributed by atoms with Crippen molar-refractivity contribution in [1.82, 2.24) is 9.80 Å². The predicted molar refractivity (Wildman–Crippen MR) is 145 cm³/mol. The lowest BCUT2D eigenvalue weighted by molar-refractivity contribution is 0.144. The Labute approximate surface area is 203 Å². The Bertz CT molecular complexity index is 406. The number of rotatable bonds is 24. The Balaban J connectivity index is 1.95. The maximum absolute atomic E-state index is 2.62. The highest BCUT2D eigenvalue weighted by Crippen LogP contribution is 2.21. The van der Waals surface area contributed by atoms with Gasteiger partial charge in [-0.05, 0) is 19.3 Å². The molecule has 2 heteroatoms. The van der Waals surface area contributed by atoms with Crippen molar-refractivity contribution in [2.24, 2.45) is 0 Å². The second kappa shape index (κ2) is 22.1. The van der Waals surface area contributed by atoms with Gasteiger partial charge in [-0.3, -0.25) is 0 Å². The number of hydrogen-bond acceptors (Lipinski definition) is 2. The second-order valence-corrected chi connectivity index (χ2v) is 10.4. The second-order valence-electron chi connectivity index (χ2n) is 10.4. The quantitative estimate of drug-likeness (QED) is 0.135. The van der Waals surface area contributed by atoms with Gasteiger partial charge in [0.15, 0.2) is 0 Å². The topological polar surface area (TPSA) is 6.48 Å². The molecule has 1 aliphatic rings. The lowest BCUT2D eigenvalue weighted by Crippen LogP contribution is -2.38. The first-order chi connectivity index (χ1) is 15.8. The van der Waals surface area contributed by atoms with Crippen LogP contribution in [0.2, 0.25) is 0 Å². The summed E-state index contributed by atoms with van der Waals surface area (Å²) in [7, 11) is 0. The normalized spacial score (nSPS) is 15.9. The van der Waals surface area contributed by atoms with Crippen LogP contribution in [0.3, 0.4) is 0 Å². The van der Waals surface area contributed by atoms with Crippen LogP contribution in [-0.2, 0) is 0 Å². The molecule has 1 unspecified atom stereocenters. The molecule has 0 bridgehead atoms. The first-order valence-electron chi connectivity index (χ1n) is 15.0. The van der Waals surface area contributed by atoms with Crippen molar-refractivity contribution in [2.75, 3.05) is 13.1 Å². The third kappa shape index (κ3) is 15.2. The van der Waals surface area contributed by atoms with Crippen LogP contribution in [0.15, 0.2) is 12.4 Å². The van der Waals surface area contributed by atoms with Gasteiger partial charge in [0, 0.05) is 25.5 Å². The molecule has 1 rings (SSSR count). The smallest absolute Gasteiger partial charge is 0.100 e. The monoisotopic (exact) mass is 448 g/mol. The maximum Gasteiger partial charge on any atom is 0.100 e. The molecule has 0 aliphatic carbocycles. The Kier molecular flexibility index (Phi) is 20.3. The van der Waals surface area contributed by atoms with E-state index in [1.807, 2.05) is 0 Å². The summed E-state index contributed by atoms with van der Waals surface area (Å²) in [6.07, 6.45) is 36.6. The van der Waals surface area contributed by atoms with Gasteiger partial charge >= 0.3 is 0 Å². The standard InChI is InChI=1S/C30H60N2/c1-4-7-9-11-13-15-16-17-19-21-23-25-27-32-29-28-31(30(32)6-3)26-24-22-20-18-14-12-10-8-5-2/h28-30H,4-27H2,1-3H3. The lowest BCUT2D eigenvalue weighted by atomic mass is 10.1. The molecule has 190 valence electrons. The Morgan fingerprint density at radius 1 is 0.406 bits per heavy atom. The van der Waals surface area contributed by atoms with Gasteiger partial charge in [-0.15, -0.1) is 0 Å². The van der Waals surface area contributed by atoms with Crippen molar-refractivity contribution in [3.63, 3.8) is 0 Å². The van der Waals surface area contributed by atoms with Crippen LogP contribution in [0.1, 0.15) is 162 Å². The van der Waals surface area contributed by atoms with Crippen molar-refractivity contribution in [3.8, 4) is 0 Å². The summed E-state index contributed by atoms with van der Waals surface area (Å²) >= 11 is 0.